The third-order valence-electron chi connectivity index (χ3n) is 4.70. The molecular weight excluding hydrogens is 266 g/mol. The average molecular weight is 283 g/mol. The van der Waals surface area contributed by atoms with Gasteiger partial charge in [0.05, 0.1) is 6.04 Å². The van der Waals surface area contributed by atoms with Gasteiger partial charge in [0.25, 0.3) is 0 Å². The lowest BCUT2D eigenvalue weighted by Gasteiger charge is -2.44. The Morgan fingerprint density at radius 3 is 2.76 bits per heavy atom. The normalized spacial score (nSPS) is 28.3. The van der Waals surface area contributed by atoms with Gasteiger partial charge in [-0.1, -0.05) is 18.2 Å². The van der Waals surface area contributed by atoms with Gasteiger partial charge in [0.2, 0.25) is 11.8 Å². The number of benzene rings is 1. The van der Waals surface area contributed by atoms with Crippen molar-refractivity contribution in [2.24, 2.45) is 0 Å². The Morgan fingerprint density at radius 1 is 1.19 bits per heavy atom. The van der Waals surface area contributed by atoms with Gasteiger partial charge in [0, 0.05) is 23.0 Å². The lowest BCUT2D eigenvalue weighted by molar-refractivity contribution is -0.152. The minimum absolute atomic E-state index is 0.00333. The molecule has 2 aliphatic heterocycles. The zero-order valence-electron chi connectivity index (χ0n) is 12.0. The zero-order chi connectivity index (χ0) is 14.7. The van der Waals surface area contributed by atoms with Crippen molar-refractivity contribution < 1.29 is 9.59 Å². The summed E-state index contributed by atoms with van der Waals surface area (Å²) in [5.74, 6) is -0.0544. The number of H-pyrrole nitrogens is 1. The number of nitrogens with one attached hydrogen (secondary N) is 2. The minimum Gasteiger partial charge on any atom is -0.356 e. The summed E-state index contributed by atoms with van der Waals surface area (Å²) in [6, 6.07) is 7.15. The van der Waals surface area contributed by atoms with Gasteiger partial charge in [0.1, 0.15) is 12.1 Å². The summed E-state index contributed by atoms with van der Waals surface area (Å²) in [4.78, 5) is 29.9. The quantitative estimate of drug-likeness (QED) is 0.769. The van der Waals surface area contributed by atoms with Crippen molar-refractivity contribution in [2.75, 3.05) is 0 Å². The predicted octanol–water partition coefficient (Wildman–Crippen LogP) is 1.50. The zero-order valence-corrected chi connectivity index (χ0v) is 12.0. The number of aromatic nitrogens is 1. The van der Waals surface area contributed by atoms with Crippen LogP contribution in [0, 0.1) is 0 Å². The molecule has 0 bridgehead atoms. The Balaban J connectivity index is 1.90. The molecule has 0 aliphatic carbocycles. The van der Waals surface area contributed by atoms with E-state index in [-0.39, 0.29) is 17.9 Å². The van der Waals surface area contributed by atoms with E-state index in [4.69, 9.17) is 0 Å². The van der Waals surface area contributed by atoms with E-state index in [2.05, 4.69) is 16.4 Å². The topological polar surface area (TPSA) is 65.2 Å². The lowest BCUT2D eigenvalue weighted by atomic mass is 9.89. The van der Waals surface area contributed by atoms with E-state index in [9.17, 15) is 9.59 Å². The number of rotatable bonds is 0. The van der Waals surface area contributed by atoms with Crippen molar-refractivity contribution in [2.45, 2.75) is 38.4 Å². The van der Waals surface area contributed by atoms with Crippen LogP contribution in [0.1, 0.15) is 31.1 Å². The average Bonchev–Trinajstić information content (AvgIpc) is 2.84. The Morgan fingerprint density at radius 2 is 1.95 bits per heavy atom. The maximum Gasteiger partial charge on any atom is 0.246 e. The molecule has 21 heavy (non-hydrogen) atoms. The van der Waals surface area contributed by atoms with Gasteiger partial charge in [0.15, 0.2) is 0 Å². The van der Waals surface area contributed by atoms with Crippen LogP contribution in [0.3, 0.4) is 0 Å². The molecule has 2 amide bonds. The Hall–Kier alpha value is -2.30. The third-order valence-corrected chi connectivity index (χ3v) is 4.70. The van der Waals surface area contributed by atoms with Gasteiger partial charge < -0.3 is 15.2 Å². The molecule has 4 rings (SSSR count). The molecule has 2 aliphatic rings. The van der Waals surface area contributed by atoms with E-state index in [0.29, 0.717) is 6.42 Å². The smallest absolute Gasteiger partial charge is 0.246 e. The Labute approximate surface area is 122 Å². The van der Waals surface area contributed by atoms with E-state index in [1.54, 1.807) is 11.8 Å². The number of aromatic amines is 1. The maximum atomic E-state index is 12.4. The van der Waals surface area contributed by atoms with Gasteiger partial charge in [-0.3, -0.25) is 9.59 Å². The number of nitrogens with zero attached hydrogens (tertiary/aromatic N) is 1. The van der Waals surface area contributed by atoms with Crippen molar-refractivity contribution in [3.63, 3.8) is 0 Å². The SMILES string of the molecule is C[C@@H]1NC(=O)[C@H]2Cc3c([nH]c4ccccc34)[C@@H](C)N2C1=O. The molecule has 0 spiro atoms. The molecule has 2 N–H and O–H groups in total. The van der Waals surface area contributed by atoms with Gasteiger partial charge in [-0.05, 0) is 25.5 Å². The van der Waals surface area contributed by atoms with Crippen LogP contribution in [-0.4, -0.2) is 33.8 Å². The van der Waals surface area contributed by atoms with Crippen LogP contribution in [0.5, 0.6) is 0 Å². The van der Waals surface area contributed by atoms with E-state index < -0.39 is 12.1 Å². The second-order valence-corrected chi connectivity index (χ2v) is 5.93. The summed E-state index contributed by atoms with van der Waals surface area (Å²) >= 11 is 0. The molecule has 2 aromatic rings. The monoisotopic (exact) mass is 283 g/mol. The summed E-state index contributed by atoms with van der Waals surface area (Å²) in [5, 5.41) is 3.93. The fraction of sp³-hybridized carbons (Fsp3) is 0.375. The Kier molecular flexibility index (Phi) is 2.43. The number of piperazine rings is 1. The van der Waals surface area contributed by atoms with Crippen molar-refractivity contribution in [1.82, 2.24) is 15.2 Å². The third kappa shape index (κ3) is 1.57. The number of fused-ring (bicyclic) bond motifs is 4. The van der Waals surface area contributed by atoms with Gasteiger partial charge in [-0.15, -0.1) is 0 Å². The van der Waals surface area contributed by atoms with E-state index in [1.165, 1.54) is 0 Å². The number of hydrogen-bond donors (Lipinski definition) is 2. The molecule has 1 saturated heterocycles. The predicted molar refractivity (Wildman–Crippen MR) is 78.7 cm³/mol. The summed E-state index contributed by atoms with van der Waals surface area (Å²) in [6.07, 6.45) is 0.577. The number of carbonyl (C=O) groups is 2. The second-order valence-electron chi connectivity index (χ2n) is 5.93. The molecule has 1 fully saturated rings. The molecule has 0 radical (unpaired) electrons. The fourth-order valence-electron chi connectivity index (χ4n) is 3.66. The highest BCUT2D eigenvalue weighted by Gasteiger charge is 2.45. The molecule has 0 unspecified atom stereocenters. The number of carbonyl (C=O) groups excluding carboxylic acids is 2. The highest BCUT2D eigenvalue weighted by atomic mass is 16.2. The molecule has 0 saturated carbocycles. The van der Waals surface area contributed by atoms with Crippen LogP contribution in [0.15, 0.2) is 24.3 Å². The first-order chi connectivity index (χ1) is 10.1. The summed E-state index contributed by atoms with van der Waals surface area (Å²) in [5.41, 5.74) is 3.29. The van der Waals surface area contributed by atoms with Crippen molar-refractivity contribution in [3.05, 3.63) is 35.5 Å². The summed E-state index contributed by atoms with van der Waals surface area (Å²) in [7, 11) is 0. The van der Waals surface area contributed by atoms with E-state index in [0.717, 1.165) is 22.2 Å². The van der Waals surface area contributed by atoms with Crippen molar-refractivity contribution in [1.29, 1.82) is 0 Å². The standard InChI is InChI=1S/C16H17N3O2/c1-8-16(21)19-9(2)14-11(7-13(19)15(20)17-8)10-5-3-4-6-12(10)18-14/h3-6,8-9,13,18H,7H2,1-2H3,(H,17,20)/t8-,9+,13+/m0/s1. The first-order valence-corrected chi connectivity index (χ1v) is 7.30. The first-order valence-electron chi connectivity index (χ1n) is 7.30. The van der Waals surface area contributed by atoms with Crippen LogP contribution >= 0.6 is 0 Å². The van der Waals surface area contributed by atoms with Crippen molar-refractivity contribution >= 4 is 22.7 Å². The summed E-state index contributed by atoms with van der Waals surface area (Å²) in [6.45, 7) is 3.73. The Bertz CT molecular complexity index is 764. The molecular formula is C16H17N3O2. The lowest BCUT2D eigenvalue weighted by Crippen LogP contribution is -2.64. The van der Waals surface area contributed by atoms with Crippen LogP contribution in [-0.2, 0) is 16.0 Å². The second kappa shape index (κ2) is 4.10. The molecule has 108 valence electrons. The highest BCUT2D eigenvalue weighted by molar-refractivity contribution is 5.98. The number of para-hydroxylation sites is 1. The molecule has 5 nitrogen and oxygen atoms in total. The largest absolute Gasteiger partial charge is 0.356 e. The highest BCUT2D eigenvalue weighted by Crippen LogP contribution is 2.38. The molecule has 5 heteroatoms. The molecule has 1 aromatic heterocycles. The van der Waals surface area contributed by atoms with Gasteiger partial charge >= 0.3 is 0 Å². The molecule has 3 atom stereocenters. The molecule has 3 heterocycles. The minimum atomic E-state index is -0.442. The van der Waals surface area contributed by atoms with E-state index in [1.807, 2.05) is 25.1 Å². The number of hydrogen-bond acceptors (Lipinski definition) is 2. The maximum absolute atomic E-state index is 12.4. The van der Waals surface area contributed by atoms with Gasteiger partial charge in [-0.25, -0.2) is 0 Å². The van der Waals surface area contributed by atoms with Crippen LogP contribution in [0.4, 0.5) is 0 Å². The van der Waals surface area contributed by atoms with Crippen LogP contribution in [0.2, 0.25) is 0 Å². The first kappa shape index (κ1) is 12.4. The van der Waals surface area contributed by atoms with E-state index >= 15 is 0 Å². The summed E-state index contributed by atoms with van der Waals surface area (Å²) < 4.78 is 0. The fourth-order valence-corrected chi connectivity index (χ4v) is 3.66. The van der Waals surface area contributed by atoms with Crippen molar-refractivity contribution in [3.8, 4) is 0 Å². The van der Waals surface area contributed by atoms with Crippen LogP contribution in [0.25, 0.3) is 10.9 Å². The molecule has 1 aromatic carbocycles. The van der Waals surface area contributed by atoms with Gasteiger partial charge in [-0.2, -0.15) is 0 Å². The van der Waals surface area contributed by atoms with Crippen LogP contribution < -0.4 is 5.32 Å². The number of amides is 2.